The van der Waals surface area contributed by atoms with Crippen molar-refractivity contribution < 1.29 is 14.3 Å². The van der Waals surface area contributed by atoms with Crippen LogP contribution in [0.1, 0.15) is 17.5 Å². The first-order chi connectivity index (χ1) is 8.36. The smallest absolute Gasteiger partial charge is 0.330 e. The van der Waals surface area contributed by atoms with Gasteiger partial charge in [-0.05, 0) is 13.8 Å². The monoisotopic (exact) mass is 272 g/mol. The SMILES string of the molecule is COC(=O)C(Cn1c(C)c(C)sc1=O)NC(C)=O. The van der Waals surface area contributed by atoms with Crippen LogP contribution in [-0.4, -0.2) is 29.6 Å². The number of carbonyl (C=O) groups is 2. The van der Waals surface area contributed by atoms with Crippen LogP contribution in [0, 0.1) is 13.8 Å². The van der Waals surface area contributed by atoms with Crippen molar-refractivity contribution in [1.29, 1.82) is 0 Å². The summed E-state index contributed by atoms with van der Waals surface area (Å²) >= 11 is 1.12. The molecular formula is C11H16N2O4S. The molecule has 100 valence electrons. The predicted octanol–water partition coefficient (Wildman–Crippen LogP) is 0.204. The Morgan fingerprint density at radius 3 is 2.44 bits per heavy atom. The molecule has 0 aliphatic carbocycles. The minimum absolute atomic E-state index is 0.0846. The van der Waals surface area contributed by atoms with E-state index in [-0.39, 0.29) is 17.3 Å². The molecule has 1 atom stereocenters. The molecular weight excluding hydrogens is 256 g/mol. The van der Waals surface area contributed by atoms with Gasteiger partial charge in [0.05, 0.1) is 13.7 Å². The average Bonchev–Trinajstić information content (AvgIpc) is 2.53. The van der Waals surface area contributed by atoms with Crippen LogP contribution in [0.3, 0.4) is 0 Å². The molecule has 0 saturated carbocycles. The standard InChI is InChI=1S/C11H16N2O4S/c1-6-7(2)18-11(16)13(6)5-9(10(15)17-4)12-8(3)14/h9H,5H2,1-4H3,(H,12,14). The fourth-order valence-corrected chi connectivity index (χ4v) is 2.39. The largest absolute Gasteiger partial charge is 0.467 e. The van der Waals surface area contributed by atoms with Gasteiger partial charge in [0.15, 0.2) is 0 Å². The zero-order valence-corrected chi connectivity index (χ0v) is 11.6. The molecule has 6 nitrogen and oxygen atoms in total. The zero-order valence-electron chi connectivity index (χ0n) is 10.8. The van der Waals surface area contributed by atoms with Crippen LogP contribution in [0.4, 0.5) is 0 Å². The number of hydrogen-bond acceptors (Lipinski definition) is 5. The number of carbonyl (C=O) groups excluding carboxylic acids is 2. The number of thiazole rings is 1. The molecule has 1 amide bonds. The van der Waals surface area contributed by atoms with Crippen molar-refractivity contribution in [3.05, 3.63) is 20.2 Å². The van der Waals surface area contributed by atoms with Crippen LogP contribution in [0.2, 0.25) is 0 Å². The Bertz CT molecular complexity index is 518. The summed E-state index contributed by atoms with van der Waals surface area (Å²) < 4.78 is 6.08. The number of rotatable bonds is 4. The normalized spacial score (nSPS) is 12.0. The number of ether oxygens (including phenoxy) is 1. The second kappa shape index (κ2) is 5.81. The quantitative estimate of drug-likeness (QED) is 0.795. The molecule has 1 aromatic heterocycles. The highest BCUT2D eigenvalue weighted by Gasteiger charge is 2.22. The van der Waals surface area contributed by atoms with E-state index in [0.29, 0.717) is 0 Å². The van der Waals surface area contributed by atoms with E-state index in [2.05, 4.69) is 10.1 Å². The van der Waals surface area contributed by atoms with E-state index in [9.17, 15) is 14.4 Å². The molecule has 1 heterocycles. The number of nitrogens with one attached hydrogen (secondary N) is 1. The van der Waals surface area contributed by atoms with Crippen molar-refractivity contribution in [2.75, 3.05) is 7.11 Å². The van der Waals surface area contributed by atoms with Crippen LogP contribution >= 0.6 is 11.3 Å². The lowest BCUT2D eigenvalue weighted by atomic mass is 10.2. The Hall–Kier alpha value is -1.63. The summed E-state index contributed by atoms with van der Waals surface area (Å²) in [5, 5.41) is 2.47. The Balaban J connectivity index is 2.99. The van der Waals surface area contributed by atoms with Crippen LogP contribution < -0.4 is 10.2 Å². The first-order valence-electron chi connectivity index (χ1n) is 5.38. The third kappa shape index (κ3) is 3.19. The van der Waals surface area contributed by atoms with Crippen molar-refractivity contribution >= 4 is 23.2 Å². The van der Waals surface area contributed by atoms with Crippen molar-refractivity contribution in [3.8, 4) is 0 Å². The number of esters is 1. The molecule has 0 aliphatic rings. The fraction of sp³-hybridized carbons (Fsp3) is 0.545. The van der Waals surface area contributed by atoms with Gasteiger partial charge in [0, 0.05) is 17.5 Å². The van der Waals surface area contributed by atoms with E-state index in [1.165, 1.54) is 18.6 Å². The van der Waals surface area contributed by atoms with Crippen molar-refractivity contribution in [1.82, 2.24) is 9.88 Å². The van der Waals surface area contributed by atoms with Crippen LogP contribution in [0.25, 0.3) is 0 Å². The summed E-state index contributed by atoms with van der Waals surface area (Å²) in [6, 6.07) is -0.849. The van der Waals surface area contributed by atoms with Gasteiger partial charge in [0.2, 0.25) is 5.91 Å². The molecule has 0 radical (unpaired) electrons. The molecule has 0 fully saturated rings. The van der Waals surface area contributed by atoms with Crippen LogP contribution in [0.5, 0.6) is 0 Å². The molecule has 7 heteroatoms. The van der Waals surface area contributed by atoms with E-state index in [4.69, 9.17) is 0 Å². The number of methoxy groups -OCH3 is 1. The first kappa shape index (κ1) is 14.4. The molecule has 0 aromatic carbocycles. The highest BCUT2D eigenvalue weighted by molar-refractivity contribution is 7.09. The topological polar surface area (TPSA) is 77.4 Å². The van der Waals surface area contributed by atoms with Gasteiger partial charge in [0.1, 0.15) is 6.04 Å². The number of amides is 1. The van der Waals surface area contributed by atoms with E-state index in [1.54, 1.807) is 6.92 Å². The lowest BCUT2D eigenvalue weighted by Gasteiger charge is -2.16. The van der Waals surface area contributed by atoms with Crippen molar-refractivity contribution in [2.24, 2.45) is 0 Å². The maximum atomic E-state index is 11.7. The second-order valence-corrected chi connectivity index (χ2v) is 5.06. The summed E-state index contributed by atoms with van der Waals surface area (Å²) in [5.41, 5.74) is 0.796. The highest BCUT2D eigenvalue weighted by Crippen LogP contribution is 2.10. The molecule has 1 unspecified atom stereocenters. The number of nitrogens with zero attached hydrogens (tertiary/aromatic N) is 1. The van der Waals surface area contributed by atoms with Crippen molar-refractivity contribution in [2.45, 2.75) is 33.4 Å². The van der Waals surface area contributed by atoms with Gasteiger partial charge < -0.3 is 14.6 Å². The maximum absolute atomic E-state index is 11.7. The molecule has 18 heavy (non-hydrogen) atoms. The van der Waals surface area contributed by atoms with E-state index < -0.39 is 12.0 Å². The van der Waals surface area contributed by atoms with Crippen molar-refractivity contribution in [3.63, 3.8) is 0 Å². The van der Waals surface area contributed by atoms with Gasteiger partial charge in [-0.3, -0.25) is 9.59 Å². The number of aromatic nitrogens is 1. The number of hydrogen-bond donors (Lipinski definition) is 1. The molecule has 0 bridgehead atoms. The average molecular weight is 272 g/mol. The summed E-state index contributed by atoms with van der Waals surface area (Å²) in [5.74, 6) is -0.914. The zero-order chi connectivity index (χ0) is 13.9. The molecule has 1 N–H and O–H groups in total. The Labute approximate surface area is 109 Å². The summed E-state index contributed by atoms with van der Waals surface area (Å²) in [4.78, 5) is 35.0. The third-order valence-corrected chi connectivity index (χ3v) is 3.60. The Kier molecular flexibility index (Phi) is 4.66. The third-order valence-electron chi connectivity index (χ3n) is 2.60. The summed E-state index contributed by atoms with van der Waals surface area (Å²) in [6.45, 7) is 5.03. The van der Waals surface area contributed by atoms with Gasteiger partial charge in [-0.15, -0.1) is 0 Å². The molecule has 1 aromatic rings. The van der Waals surface area contributed by atoms with E-state index in [0.717, 1.165) is 21.9 Å². The number of aryl methyl sites for hydroxylation is 1. The van der Waals surface area contributed by atoms with Gasteiger partial charge in [-0.2, -0.15) is 0 Å². The summed E-state index contributed by atoms with van der Waals surface area (Å²) in [7, 11) is 1.24. The minimum Gasteiger partial charge on any atom is -0.467 e. The molecule has 0 aliphatic heterocycles. The second-order valence-electron chi connectivity index (χ2n) is 3.90. The molecule has 1 rings (SSSR count). The van der Waals surface area contributed by atoms with Gasteiger partial charge in [-0.25, -0.2) is 4.79 Å². The van der Waals surface area contributed by atoms with E-state index in [1.807, 2.05) is 6.92 Å². The summed E-state index contributed by atoms with van der Waals surface area (Å²) in [6.07, 6.45) is 0. The maximum Gasteiger partial charge on any atom is 0.330 e. The first-order valence-corrected chi connectivity index (χ1v) is 6.20. The van der Waals surface area contributed by atoms with Crippen LogP contribution in [0.15, 0.2) is 4.79 Å². The van der Waals surface area contributed by atoms with Crippen LogP contribution in [-0.2, 0) is 20.9 Å². The fourth-order valence-electron chi connectivity index (χ4n) is 1.55. The van der Waals surface area contributed by atoms with E-state index >= 15 is 0 Å². The van der Waals surface area contributed by atoms with Gasteiger partial charge in [0.25, 0.3) is 0 Å². The molecule has 0 spiro atoms. The Morgan fingerprint density at radius 2 is 2.06 bits per heavy atom. The lowest BCUT2D eigenvalue weighted by molar-refractivity contribution is -0.145. The predicted molar refractivity (Wildman–Crippen MR) is 67.7 cm³/mol. The minimum atomic E-state index is -0.849. The van der Waals surface area contributed by atoms with Gasteiger partial charge in [-0.1, -0.05) is 11.3 Å². The Morgan fingerprint density at radius 1 is 1.44 bits per heavy atom. The highest BCUT2D eigenvalue weighted by atomic mass is 32.1. The molecule has 0 saturated heterocycles. The van der Waals surface area contributed by atoms with Gasteiger partial charge >= 0.3 is 10.8 Å². The lowest BCUT2D eigenvalue weighted by Crippen LogP contribution is -2.44.